The first-order valence-corrected chi connectivity index (χ1v) is 11.1. The Kier molecular flexibility index (Phi) is 9.35. The highest BCUT2D eigenvalue weighted by Gasteiger charge is 2.45. The minimum absolute atomic E-state index is 0. The second-order valence-electron chi connectivity index (χ2n) is 8.17. The van der Waals surface area contributed by atoms with E-state index in [0.717, 1.165) is 25.5 Å². The van der Waals surface area contributed by atoms with Gasteiger partial charge in [0.2, 0.25) is 0 Å². The van der Waals surface area contributed by atoms with Crippen LogP contribution in [-0.4, -0.2) is 59.5 Å². The SMILES string of the molecule is CCNC(=NCCCN1C(=O)NC(C)(CC)C1=O)NCCc1c[nH]c2c(C)cccc12.I. The molecule has 3 amide bonds. The third-order valence-corrected chi connectivity index (χ3v) is 5.90. The molecule has 1 aromatic carbocycles. The summed E-state index contributed by atoms with van der Waals surface area (Å²) >= 11 is 0. The molecule has 0 radical (unpaired) electrons. The lowest BCUT2D eigenvalue weighted by Crippen LogP contribution is -2.43. The zero-order valence-corrected chi connectivity index (χ0v) is 21.7. The number of hydrogen-bond acceptors (Lipinski definition) is 3. The van der Waals surface area contributed by atoms with Gasteiger partial charge < -0.3 is 20.9 Å². The van der Waals surface area contributed by atoms with E-state index < -0.39 is 5.54 Å². The number of guanidine groups is 1. The predicted molar refractivity (Wildman–Crippen MR) is 140 cm³/mol. The number of amides is 3. The zero-order valence-electron chi connectivity index (χ0n) is 19.4. The number of H-pyrrole nitrogens is 1. The highest BCUT2D eigenvalue weighted by atomic mass is 127. The maximum Gasteiger partial charge on any atom is 0.325 e. The normalized spacial score (nSPS) is 18.6. The van der Waals surface area contributed by atoms with Crippen LogP contribution >= 0.6 is 24.0 Å². The summed E-state index contributed by atoms with van der Waals surface area (Å²) in [6.45, 7) is 10.2. The molecule has 1 aromatic heterocycles. The number of benzene rings is 1. The second-order valence-corrected chi connectivity index (χ2v) is 8.17. The van der Waals surface area contributed by atoms with E-state index in [0.29, 0.717) is 25.9 Å². The number of carbonyl (C=O) groups excluding carboxylic acids is 2. The Balaban J connectivity index is 0.00000363. The van der Waals surface area contributed by atoms with Gasteiger partial charge in [-0.3, -0.25) is 14.7 Å². The van der Waals surface area contributed by atoms with Crippen molar-refractivity contribution in [3.8, 4) is 0 Å². The van der Waals surface area contributed by atoms with Crippen LogP contribution in [0, 0.1) is 6.92 Å². The van der Waals surface area contributed by atoms with E-state index in [4.69, 9.17) is 0 Å². The van der Waals surface area contributed by atoms with Crippen LogP contribution in [0.15, 0.2) is 29.4 Å². The molecule has 0 saturated carbocycles. The molecule has 1 fully saturated rings. The summed E-state index contributed by atoms with van der Waals surface area (Å²) in [5.74, 6) is 0.595. The predicted octanol–water partition coefficient (Wildman–Crippen LogP) is 3.30. The van der Waals surface area contributed by atoms with Crippen LogP contribution in [0.2, 0.25) is 0 Å². The Morgan fingerprint density at radius 3 is 2.69 bits per heavy atom. The molecule has 3 rings (SSSR count). The van der Waals surface area contributed by atoms with Gasteiger partial charge >= 0.3 is 6.03 Å². The third-order valence-electron chi connectivity index (χ3n) is 5.90. The van der Waals surface area contributed by atoms with Gasteiger partial charge in [0, 0.05) is 43.3 Å². The summed E-state index contributed by atoms with van der Waals surface area (Å²) in [5.41, 5.74) is 2.94. The molecule has 4 N–H and O–H groups in total. The Morgan fingerprint density at radius 2 is 2.00 bits per heavy atom. The van der Waals surface area contributed by atoms with Crippen LogP contribution in [-0.2, 0) is 11.2 Å². The molecule has 0 aliphatic carbocycles. The Labute approximate surface area is 207 Å². The molecule has 2 aromatic rings. The van der Waals surface area contributed by atoms with Crippen LogP contribution in [0.1, 0.15) is 44.7 Å². The Hall–Kier alpha value is -2.30. The largest absolute Gasteiger partial charge is 0.361 e. The van der Waals surface area contributed by atoms with Crippen LogP contribution in [0.5, 0.6) is 0 Å². The smallest absolute Gasteiger partial charge is 0.325 e. The molecule has 8 nitrogen and oxygen atoms in total. The number of nitrogens with zero attached hydrogens (tertiary/aromatic N) is 2. The van der Waals surface area contributed by atoms with E-state index in [2.05, 4.69) is 57.2 Å². The highest BCUT2D eigenvalue weighted by Crippen LogP contribution is 2.22. The maximum atomic E-state index is 12.4. The Morgan fingerprint density at radius 1 is 1.22 bits per heavy atom. The quantitative estimate of drug-likeness (QED) is 0.126. The van der Waals surface area contributed by atoms with Gasteiger partial charge in [-0.2, -0.15) is 0 Å². The van der Waals surface area contributed by atoms with E-state index in [1.165, 1.54) is 26.9 Å². The number of hydrogen-bond donors (Lipinski definition) is 4. The maximum absolute atomic E-state index is 12.4. The van der Waals surface area contributed by atoms with E-state index in [1.807, 2.05) is 13.8 Å². The topological polar surface area (TPSA) is 102 Å². The summed E-state index contributed by atoms with van der Waals surface area (Å²) in [7, 11) is 0. The van der Waals surface area contributed by atoms with Gasteiger partial charge in [-0.15, -0.1) is 24.0 Å². The third kappa shape index (κ3) is 5.73. The molecule has 1 saturated heterocycles. The highest BCUT2D eigenvalue weighted by molar-refractivity contribution is 14.0. The fourth-order valence-electron chi connectivity index (χ4n) is 3.84. The summed E-state index contributed by atoms with van der Waals surface area (Å²) in [5, 5.41) is 10.7. The van der Waals surface area contributed by atoms with Crippen molar-refractivity contribution in [3.63, 3.8) is 0 Å². The standard InChI is InChI=1S/C23H34N6O2.HI/c1-5-23(4)20(30)29(22(31)28-23)14-8-12-25-21(24-6-2)26-13-11-17-15-27-19-16(3)9-7-10-18(17)19;/h7,9-10,15,27H,5-6,8,11-14H2,1-4H3,(H,28,31)(H2,24,25,26);1H. The average molecular weight is 554 g/mol. The lowest BCUT2D eigenvalue weighted by Gasteiger charge is -2.19. The number of rotatable bonds is 9. The molecule has 1 aliphatic heterocycles. The monoisotopic (exact) mass is 554 g/mol. The fourth-order valence-corrected chi connectivity index (χ4v) is 3.84. The van der Waals surface area contributed by atoms with Gasteiger partial charge in [-0.05, 0) is 51.2 Å². The fraction of sp³-hybridized carbons (Fsp3) is 0.522. The van der Waals surface area contributed by atoms with E-state index >= 15 is 0 Å². The van der Waals surface area contributed by atoms with E-state index in [1.54, 1.807) is 6.92 Å². The van der Waals surface area contributed by atoms with E-state index in [9.17, 15) is 9.59 Å². The van der Waals surface area contributed by atoms with Crippen molar-refractivity contribution in [3.05, 3.63) is 35.5 Å². The molecule has 9 heteroatoms. The minimum Gasteiger partial charge on any atom is -0.361 e. The van der Waals surface area contributed by atoms with Crippen LogP contribution in [0.25, 0.3) is 10.9 Å². The molecule has 0 spiro atoms. The molecule has 2 heterocycles. The molecule has 32 heavy (non-hydrogen) atoms. The van der Waals surface area contributed by atoms with Gasteiger partial charge in [-0.1, -0.05) is 25.1 Å². The summed E-state index contributed by atoms with van der Waals surface area (Å²) in [6.07, 6.45) is 4.16. The number of aromatic nitrogens is 1. The minimum atomic E-state index is -0.780. The Bertz CT molecular complexity index is 973. The lowest BCUT2D eigenvalue weighted by atomic mass is 9.99. The lowest BCUT2D eigenvalue weighted by molar-refractivity contribution is -0.130. The molecular formula is C23H35IN6O2. The van der Waals surface area contributed by atoms with Crippen LogP contribution in [0.3, 0.4) is 0 Å². The number of carbonyl (C=O) groups is 2. The summed E-state index contributed by atoms with van der Waals surface area (Å²) < 4.78 is 0. The molecule has 1 aliphatic rings. The van der Waals surface area contributed by atoms with Gasteiger partial charge in [0.1, 0.15) is 5.54 Å². The van der Waals surface area contributed by atoms with Crippen molar-refractivity contribution < 1.29 is 9.59 Å². The van der Waals surface area contributed by atoms with Crippen molar-refractivity contribution in [2.45, 2.75) is 52.5 Å². The number of para-hydroxylation sites is 1. The number of fused-ring (bicyclic) bond motifs is 1. The number of aromatic amines is 1. The molecule has 0 bridgehead atoms. The first-order chi connectivity index (χ1) is 14.9. The van der Waals surface area contributed by atoms with Gasteiger partial charge in [0.15, 0.2) is 5.96 Å². The van der Waals surface area contributed by atoms with Gasteiger partial charge in [-0.25, -0.2) is 4.79 Å². The molecule has 176 valence electrons. The van der Waals surface area contributed by atoms with E-state index in [-0.39, 0.29) is 35.9 Å². The number of aliphatic imine (C=N–C) groups is 1. The number of aryl methyl sites for hydroxylation is 1. The number of urea groups is 1. The number of nitrogens with one attached hydrogen (secondary N) is 4. The van der Waals surface area contributed by atoms with Crippen molar-refractivity contribution in [2.24, 2.45) is 4.99 Å². The van der Waals surface area contributed by atoms with Gasteiger partial charge in [0.05, 0.1) is 0 Å². The summed E-state index contributed by atoms with van der Waals surface area (Å²) in [6, 6.07) is 6.03. The number of imide groups is 1. The number of halogens is 1. The van der Waals surface area contributed by atoms with Crippen molar-refractivity contribution >= 4 is 52.8 Å². The first kappa shape index (κ1) is 26.0. The molecular weight excluding hydrogens is 519 g/mol. The zero-order chi connectivity index (χ0) is 22.4. The van der Waals surface area contributed by atoms with Crippen molar-refractivity contribution in [1.29, 1.82) is 0 Å². The van der Waals surface area contributed by atoms with Crippen molar-refractivity contribution in [2.75, 3.05) is 26.2 Å². The van der Waals surface area contributed by atoms with Crippen LogP contribution < -0.4 is 16.0 Å². The summed E-state index contributed by atoms with van der Waals surface area (Å²) in [4.78, 5) is 33.8. The van der Waals surface area contributed by atoms with Gasteiger partial charge in [0.25, 0.3) is 5.91 Å². The first-order valence-electron chi connectivity index (χ1n) is 11.1. The molecule has 1 unspecified atom stereocenters. The molecule has 1 atom stereocenters. The second kappa shape index (κ2) is 11.5. The average Bonchev–Trinajstić information content (AvgIpc) is 3.26. The van der Waals surface area contributed by atoms with Crippen LogP contribution in [0.4, 0.5) is 4.79 Å². The van der Waals surface area contributed by atoms with Crippen molar-refractivity contribution in [1.82, 2.24) is 25.8 Å².